The Bertz CT molecular complexity index is 677. The Balaban J connectivity index is 2.63. The lowest BCUT2D eigenvalue weighted by molar-refractivity contribution is 1.21. The van der Waals surface area contributed by atoms with Crippen LogP contribution in [0.4, 0.5) is 0 Å². The summed E-state index contributed by atoms with van der Waals surface area (Å²) in [7, 11) is 0. The number of aromatic nitrogens is 1. The van der Waals surface area contributed by atoms with Crippen LogP contribution < -0.4 is 0 Å². The Morgan fingerprint density at radius 3 is 2.42 bits per heavy atom. The van der Waals surface area contributed by atoms with E-state index in [1.807, 2.05) is 6.07 Å². The number of rotatable bonds is 2. The van der Waals surface area contributed by atoms with Crippen LogP contribution in [-0.2, 0) is 6.42 Å². The van der Waals surface area contributed by atoms with E-state index in [1.165, 1.54) is 6.20 Å². The predicted octanol–water partition coefficient (Wildman–Crippen LogP) is 5.43. The first kappa shape index (κ1) is 14.4. The highest BCUT2D eigenvalue weighted by atomic mass is 35.5. The molecule has 1 aromatic carbocycles. The van der Waals surface area contributed by atoms with Gasteiger partial charge < -0.3 is 0 Å². The van der Waals surface area contributed by atoms with Crippen molar-refractivity contribution in [2.75, 3.05) is 0 Å². The van der Waals surface area contributed by atoms with Crippen LogP contribution in [0.15, 0.2) is 24.4 Å². The fraction of sp³-hybridized carbons (Fsp3) is 0.0769. The molecule has 0 unspecified atom stereocenters. The summed E-state index contributed by atoms with van der Waals surface area (Å²) in [5.74, 6) is 0. The maximum atomic E-state index is 8.76. The standard InChI is InChI=1S/C13H6Cl4N2/c14-8-1-2-9(15)13(17)12(8)11-5-7(3-4-18)10(16)6-19-11/h1-2,5-6H,3H2. The fourth-order valence-corrected chi connectivity index (χ4v) is 2.49. The number of halogens is 4. The lowest BCUT2D eigenvalue weighted by Gasteiger charge is -2.09. The summed E-state index contributed by atoms with van der Waals surface area (Å²) in [6, 6.07) is 6.99. The Labute approximate surface area is 130 Å². The van der Waals surface area contributed by atoms with Crippen molar-refractivity contribution in [3.8, 4) is 17.3 Å². The Hall–Kier alpha value is -0.980. The van der Waals surface area contributed by atoms with Crippen molar-refractivity contribution in [2.45, 2.75) is 6.42 Å². The van der Waals surface area contributed by atoms with Gasteiger partial charge in [-0.05, 0) is 23.8 Å². The van der Waals surface area contributed by atoms with Gasteiger partial charge >= 0.3 is 0 Å². The van der Waals surface area contributed by atoms with E-state index in [9.17, 15) is 0 Å². The van der Waals surface area contributed by atoms with E-state index in [0.717, 1.165) is 0 Å². The Kier molecular flexibility index (Phi) is 4.54. The smallest absolute Gasteiger partial charge is 0.0736 e. The van der Waals surface area contributed by atoms with Crippen molar-refractivity contribution >= 4 is 46.4 Å². The second kappa shape index (κ2) is 5.98. The number of hydrogen-bond donors (Lipinski definition) is 0. The SMILES string of the molecule is N#CCc1cc(-c2c(Cl)ccc(Cl)c2Cl)ncc1Cl. The van der Waals surface area contributed by atoms with Gasteiger partial charge in [0.2, 0.25) is 0 Å². The first-order valence-electron chi connectivity index (χ1n) is 5.20. The zero-order valence-electron chi connectivity index (χ0n) is 9.42. The summed E-state index contributed by atoms with van der Waals surface area (Å²) in [5.41, 5.74) is 1.74. The number of nitrogens with zero attached hydrogens (tertiary/aromatic N) is 2. The van der Waals surface area contributed by atoms with Gasteiger partial charge in [0, 0.05) is 11.8 Å². The van der Waals surface area contributed by atoms with Crippen LogP contribution in [0.25, 0.3) is 11.3 Å². The molecule has 6 heteroatoms. The largest absolute Gasteiger partial charge is 0.255 e. The summed E-state index contributed by atoms with van der Waals surface area (Å²) < 4.78 is 0. The molecule has 0 atom stereocenters. The van der Waals surface area contributed by atoms with E-state index < -0.39 is 0 Å². The summed E-state index contributed by atoms with van der Waals surface area (Å²) in [5, 5.41) is 10.3. The molecule has 19 heavy (non-hydrogen) atoms. The second-order valence-electron chi connectivity index (χ2n) is 3.71. The quantitative estimate of drug-likeness (QED) is 0.688. The van der Waals surface area contributed by atoms with Gasteiger partial charge in [-0.2, -0.15) is 5.26 Å². The highest BCUT2D eigenvalue weighted by Gasteiger charge is 2.14. The highest BCUT2D eigenvalue weighted by Crippen LogP contribution is 2.38. The van der Waals surface area contributed by atoms with Gasteiger partial charge in [0.05, 0.1) is 38.3 Å². The topological polar surface area (TPSA) is 36.7 Å². The molecule has 2 nitrogen and oxygen atoms in total. The molecule has 96 valence electrons. The molecule has 0 radical (unpaired) electrons. The molecule has 0 saturated carbocycles. The molecule has 0 aliphatic heterocycles. The van der Waals surface area contributed by atoms with Gasteiger partial charge in [-0.15, -0.1) is 0 Å². The molecular weight excluding hydrogens is 326 g/mol. The van der Waals surface area contributed by atoms with E-state index >= 15 is 0 Å². The van der Waals surface area contributed by atoms with Crippen molar-refractivity contribution in [1.29, 1.82) is 5.26 Å². The molecule has 1 heterocycles. The van der Waals surface area contributed by atoms with Gasteiger partial charge in [0.25, 0.3) is 0 Å². The maximum Gasteiger partial charge on any atom is 0.0736 e. The van der Waals surface area contributed by atoms with E-state index in [4.69, 9.17) is 51.7 Å². The monoisotopic (exact) mass is 330 g/mol. The average Bonchev–Trinajstić information content (AvgIpc) is 2.38. The normalized spacial score (nSPS) is 10.3. The number of hydrogen-bond acceptors (Lipinski definition) is 2. The van der Waals surface area contributed by atoms with Gasteiger partial charge in [-0.3, -0.25) is 4.98 Å². The number of nitriles is 1. The van der Waals surface area contributed by atoms with E-state index in [1.54, 1.807) is 18.2 Å². The predicted molar refractivity (Wildman–Crippen MR) is 79.0 cm³/mol. The molecule has 2 rings (SSSR count). The molecule has 0 aliphatic rings. The third kappa shape index (κ3) is 2.96. The maximum absolute atomic E-state index is 8.76. The van der Waals surface area contributed by atoms with Crippen molar-refractivity contribution in [2.24, 2.45) is 0 Å². The van der Waals surface area contributed by atoms with Crippen molar-refractivity contribution in [3.05, 3.63) is 50.0 Å². The lowest BCUT2D eigenvalue weighted by Crippen LogP contribution is -1.91. The zero-order chi connectivity index (χ0) is 14.0. The highest BCUT2D eigenvalue weighted by molar-refractivity contribution is 6.46. The minimum Gasteiger partial charge on any atom is -0.255 e. The van der Waals surface area contributed by atoms with E-state index in [-0.39, 0.29) is 6.42 Å². The fourth-order valence-electron chi connectivity index (χ4n) is 1.60. The van der Waals surface area contributed by atoms with Crippen molar-refractivity contribution in [1.82, 2.24) is 4.98 Å². The third-order valence-corrected chi connectivity index (χ3v) is 3.96. The van der Waals surface area contributed by atoms with Gasteiger partial charge in [-0.25, -0.2) is 0 Å². The van der Waals surface area contributed by atoms with Crippen LogP contribution in [0, 0.1) is 11.3 Å². The van der Waals surface area contributed by atoms with Crippen LogP contribution in [0.3, 0.4) is 0 Å². The molecule has 1 aromatic heterocycles. The molecular formula is C13H6Cl4N2. The van der Waals surface area contributed by atoms with Crippen LogP contribution in [0.5, 0.6) is 0 Å². The molecule has 0 aliphatic carbocycles. The molecule has 2 aromatic rings. The van der Waals surface area contributed by atoms with Gasteiger partial charge in [-0.1, -0.05) is 46.4 Å². The van der Waals surface area contributed by atoms with Gasteiger partial charge in [0.1, 0.15) is 0 Å². The summed E-state index contributed by atoms with van der Waals surface area (Å²) in [6.45, 7) is 0. The van der Waals surface area contributed by atoms with Crippen molar-refractivity contribution < 1.29 is 0 Å². The number of benzene rings is 1. The summed E-state index contributed by atoms with van der Waals surface area (Å²) in [6.07, 6.45) is 1.65. The lowest BCUT2D eigenvalue weighted by atomic mass is 10.1. The summed E-state index contributed by atoms with van der Waals surface area (Å²) >= 11 is 24.2. The molecule has 0 N–H and O–H groups in total. The molecule has 0 bridgehead atoms. The van der Waals surface area contributed by atoms with Crippen LogP contribution >= 0.6 is 46.4 Å². The van der Waals surface area contributed by atoms with Crippen LogP contribution in [0.2, 0.25) is 20.1 Å². The van der Waals surface area contributed by atoms with E-state index in [2.05, 4.69) is 4.98 Å². The first-order valence-corrected chi connectivity index (χ1v) is 6.71. The Morgan fingerprint density at radius 1 is 1.05 bits per heavy atom. The number of pyridine rings is 1. The molecule has 0 spiro atoms. The second-order valence-corrected chi connectivity index (χ2v) is 5.31. The van der Waals surface area contributed by atoms with Crippen molar-refractivity contribution in [3.63, 3.8) is 0 Å². The third-order valence-electron chi connectivity index (χ3n) is 2.50. The van der Waals surface area contributed by atoms with Crippen LogP contribution in [-0.4, -0.2) is 4.98 Å². The van der Waals surface area contributed by atoms with Gasteiger partial charge in [0.15, 0.2) is 0 Å². The molecule has 0 fully saturated rings. The molecule has 0 saturated heterocycles. The minimum absolute atomic E-state index is 0.185. The molecule has 0 amide bonds. The minimum atomic E-state index is 0.185. The van der Waals surface area contributed by atoms with E-state index in [0.29, 0.717) is 36.9 Å². The Morgan fingerprint density at radius 2 is 1.74 bits per heavy atom. The first-order chi connectivity index (χ1) is 9.04. The average molecular weight is 332 g/mol. The zero-order valence-corrected chi connectivity index (χ0v) is 12.4. The summed E-state index contributed by atoms with van der Waals surface area (Å²) in [4.78, 5) is 4.19. The van der Waals surface area contributed by atoms with Crippen LogP contribution in [0.1, 0.15) is 5.56 Å².